The van der Waals surface area contributed by atoms with Crippen molar-refractivity contribution in [3.63, 3.8) is 0 Å². The molecule has 0 aromatic heterocycles. The van der Waals surface area contributed by atoms with Crippen LogP contribution in [0.25, 0.3) is 0 Å². The van der Waals surface area contributed by atoms with Crippen LogP contribution in [0, 0.1) is 12.7 Å². The molecule has 0 spiro atoms. The van der Waals surface area contributed by atoms with Crippen LogP contribution in [0.2, 0.25) is 0 Å². The fraction of sp³-hybridized carbons (Fsp3) is 0.381. The van der Waals surface area contributed by atoms with Crippen molar-refractivity contribution >= 4 is 5.91 Å². The fourth-order valence-electron chi connectivity index (χ4n) is 2.63. The summed E-state index contributed by atoms with van der Waals surface area (Å²) in [6.07, 6.45) is -0.623. The maximum absolute atomic E-state index is 13.0. The smallest absolute Gasteiger partial charge is 0.261 e. The van der Waals surface area contributed by atoms with Gasteiger partial charge in [0.05, 0.1) is 6.04 Å². The number of ether oxygens (including phenoxy) is 1. The molecule has 0 saturated carbocycles. The largest absolute Gasteiger partial charge is 0.481 e. The Morgan fingerprint density at radius 2 is 1.68 bits per heavy atom. The Hall–Kier alpha value is -2.36. The minimum Gasteiger partial charge on any atom is -0.481 e. The molecule has 1 N–H and O–H groups in total. The zero-order chi connectivity index (χ0) is 18.6. The first kappa shape index (κ1) is 19.0. The van der Waals surface area contributed by atoms with Crippen molar-refractivity contribution in [2.45, 2.75) is 52.7 Å². The Balaban J connectivity index is 2.05. The normalized spacial score (nSPS) is 13.4. The molecule has 0 heterocycles. The lowest BCUT2D eigenvalue weighted by Crippen LogP contribution is -2.38. The van der Waals surface area contributed by atoms with E-state index in [-0.39, 0.29) is 17.8 Å². The quantitative estimate of drug-likeness (QED) is 0.810. The molecule has 0 fully saturated rings. The van der Waals surface area contributed by atoms with Crippen LogP contribution >= 0.6 is 0 Å². The van der Waals surface area contributed by atoms with Crippen LogP contribution < -0.4 is 10.1 Å². The van der Waals surface area contributed by atoms with E-state index in [2.05, 4.69) is 19.2 Å². The van der Waals surface area contributed by atoms with Gasteiger partial charge < -0.3 is 10.1 Å². The molecule has 134 valence electrons. The number of carbonyl (C=O) groups excluding carboxylic acids is 1. The highest BCUT2D eigenvalue weighted by Gasteiger charge is 2.19. The van der Waals surface area contributed by atoms with Gasteiger partial charge in [-0.25, -0.2) is 4.39 Å². The highest BCUT2D eigenvalue weighted by Crippen LogP contribution is 2.28. The van der Waals surface area contributed by atoms with Crippen LogP contribution in [0.4, 0.5) is 4.39 Å². The second-order valence-corrected chi connectivity index (χ2v) is 6.74. The van der Waals surface area contributed by atoms with Gasteiger partial charge in [-0.1, -0.05) is 38.1 Å². The van der Waals surface area contributed by atoms with E-state index in [0.717, 1.165) is 22.4 Å². The molecule has 0 aliphatic rings. The fourth-order valence-corrected chi connectivity index (χ4v) is 2.63. The van der Waals surface area contributed by atoms with Gasteiger partial charge in [-0.15, -0.1) is 0 Å². The summed E-state index contributed by atoms with van der Waals surface area (Å²) in [7, 11) is 0. The van der Waals surface area contributed by atoms with Gasteiger partial charge in [0.15, 0.2) is 6.10 Å². The summed E-state index contributed by atoms with van der Waals surface area (Å²) in [5.41, 5.74) is 3.02. The number of benzene rings is 2. The summed E-state index contributed by atoms with van der Waals surface area (Å²) in [4.78, 5) is 12.5. The Labute approximate surface area is 149 Å². The van der Waals surface area contributed by atoms with Crippen LogP contribution in [0.1, 0.15) is 56.3 Å². The maximum Gasteiger partial charge on any atom is 0.261 e. The van der Waals surface area contributed by atoms with E-state index >= 15 is 0 Å². The summed E-state index contributed by atoms with van der Waals surface area (Å²) >= 11 is 0. The first-order chi connectivity index (χ1) is 11.8. The molecular formula is C21H26FNO2. The lowest BCUT2D eigenvalue weighted by molar-refractivity contribution is -0.127. The molecular weight excluding hydrogens is 317 g/mol. The van der Waals surface area contributed by atoms with Gasteiger partial charge in [-0.3, -0.25) is 4.79 Å². The zero-order valence-corrected chi connectivity index (χ0v) is 15.5. The number of amides is 1. The monoisotopic (exact) mass is 343 g/mol. The number of hydrogen-bond donors (Lipinski definition) is 1. The third kappa shape index (κ3) is 5.05. The zero-order valence-electron chi connectivity index (χ0n) is 15.5. The van der Waals surface area contributed by atoms with Gasteiger partial charge >= 0.3 is 0 Å². The van der Waals surface area contributed by atoms with Crippen molar-refractivity contribution in [3.05, 3.63) is 65.0 Å². The van der Waals surface area contributed by atoms with Crippen molar-refractivity contribution < 1.29 is 13.9 Å². The molecule has 2 rings (SSSR count). The van der Waals surface area contributed by atoms with E-state index in [1.165, 1.54) is 12.1 Å². The molecule has 25 heavy (non-hydrogen) atoms. The van der Waals surface area contributed by atoms with E-state index in [4.69, 9.17) is 4.74 Å². The molecule has 0 bridgehead atoms. The molecule has 0 radical (unpaired) electrons. The third-order valence-electron chi connectivity index (χ3n) is 4.19. The van der Waals surface area contributed by atoms with Gasteiger partial charge in [0.25, 0.3) is 5.91 Å². The third-order valence-corrected chi connectivity index (χ3v) is 4.19. The van der Waals surface area contributed by atoms with Crippen LogP contribution in [-0.2, 0) is 4.79 Å². The van der Waals surface area contributed by atoms with Crippen molar-refractivity contribution in [2.24, 2.45) is 0 Å². The minimum atomic E-state index is -0.623. The Morgan fingerprint density at radius 1 is 1.04 bits per heavy atom. The number of nitrogens with one attached hydrogen (secondary N) is 1. The maximum atomic E-state index is 13.0. The van der Waals surface area contributed by atoms with Gasteiger partial charge in [-0.2, -0.15) is 0 Å². The van der Waals surface area contributed by atoms with E-state index < -0.39 is 6.10 Å². The summed E-state index contributed by atoms with van der Waals surface area (Å²) in [5.74, 6) is 0.559. The summed E-state index contributed by atoms with van der Waals surface area (Å²) in [6, 6.07) is 11.9. The highest BCUT2D eigenvalue weighted by atomic mass is 19.1. The van der Waals surface area contributed by atoms with E-state index in [0.29, 0.717) is 5.92 Å². The number of aryl methyl sites for hydroxylation is 1. The summed E-state index contributed by atoms with van der Waals surface area (Å²) < 4.78 is 18.9. The lowest BCUT2D eigenvalue weighted by Gasteiger charge is -2.21. The van der Waals surface area contributed by atoms with E-state index in [1.54, 1.807) is 19.1 Å². The average molecular weight is 343 g/mol. The molecule has 2 aromatic rings. The van der Waals surface area contributed by atoms with Crippen molar-refractivity contribution in [2.75, 3.05) is 0 Å². The first-order valence-corrected chi connectivity index (χ1v) is 8.61. The van der Waals surface area contributed by atoms with Gasteiger partial charge in [0.2, 0.25) is 0 Å². The molecule has 3 nitrogen and oxygen atoms in total. The average Bonchev–Trinajstić information content (AvgIpc) is 2.55. The summed E-state index contributed by atoms with van der Waals surface area (Å²) in [5, 5.41) is 2.91. The first-order valence-electron chi connectivity index (χ1n) is 8.61. The molecule has 2 unspecified atom stereocenters. The van der Waals surface area contributed by atoms with Gasteiger partial charge in [0, 0.05) is 0 Å². The van der Waals surface area contributed by atoms with Crippen LogP contribution in [0.5, 0.6) is 5.75 Å². The van der Waals surface area contributed by atoms with E-state index in [9.17, 15) is 9.18 Å². The van der Waals surface area contributed by atoms with Crippen molar-refractivity contribution in [3.8, 4) is 5.75 Å². The number of rotatable bonds is 6. The topological polar surface area (TPSA) is 38.3 Å². The second kappa shape index (κ2) is 8.15. The second-order valence-electron chi connectivity index (χ2n) is 6.74. The lowest BCUT2D eigenvalue weighted by atomic mass is 10.0. The van der Waals surface area contributed by atoms with Crippen LogP contribution in [-0.4, -0.2) is 12.0 Å². The number of carbonyl (C=O) groups is 1. The Bertz CT molecular complexity index is 725. The molecule has 0 saturated heterocycles. The molecule has 0 aliphatic carbocycles. The molecule has 4 heteroatoms. The highest BCUT2D eigenvalue weighted by molar-refractivity contribution is 5.81. The standard InChI is InChI=1S/C21H26FNO2/c1-13(2)19-11-6-14(3)12-20(19)25-16(5)21(24)23-15(4)17-7-9-18(22)10-8-17/h6-13,15-16H,1-5H3,(H,23,24). The number of hydrogen-bond acceptors (Lipinski definition) is 2. The Morgan fingerprint density at radius 3 is 2.28 bits per heavy atom. The molecule has 0 aliphatic heterocycles. The minimum absolute atomic E-state index is 0.201. The van der Waals surface area contributed by atoms with Crippen molar-refractivity contribution in [1.82, 2.24) is 5.32 Å². The summed E-state index contributed by atoms with van der Waals surface area (Å²) in [6.45, 7) is 9.79. The molecule has 1 amide bonds. The Kier molecular flexibility index (Phi) is 6.18. The van der Waals surface area contributed by atoms with Gasteiger partial charge in [0.1, 0.15) is 11.6 Å². The number of halogens is 1. The molecule has 2 aromatic carbocycles. The SMILES string of the molecule is Cc1ccc(C(C)C)c(OC(C)C(=O)NC(C)c2ccc(F)cc2)c1. The van der Waals surface area contributed by atoms with E-state index in [1.807, 2.05) is 32.0 Å². The van der Waals surface area contributed by atoms with Crippen LogP contribution in [0.15, 0.2) is 42.5 Å². The van der Waals surface area contributed by atoms with Crippen molar-refractivity contribution in [1.29, 1.82) is 0 Å². The van der Waals surface area contributed by atoms with Crippen LogP contribution in [0.3, 0.4) is 0 Å². The van der Waals surface area contributed by atoms with Gasteiger partial charge in [-0.05, 0) is 61.6 Å². The predicted molar refractivity (Wildman–Crippen MR) is 98.3 cm³/mol. The predicted octanol–water partition coefficient (Wildman–Crippen LogP) is 4.90. The molecule has 2 atom stereocenters.